The Hall–Kier alpha value is -2.61. The number of aromatic nitrogens is 5. The molecule has 2 heterocycles. The van der Waals surface area contributed by atoms with Crippen molar-refractivity contribution in [3.05, 3.63) is 36.0 Å². The highest BCUT2D eigenvalue weighted by Gasteiger charge is 2.16. The van der Waals surface area contributed by atoms with E-state index in [1.165, 1.54) is 18.3 Å². The van der Waals surface area contributed by atoms with E-state index in [0.717, 1.165) is 11.4 Å². The van der Waals surface area contributed by atoms with Crippen LogP contribution in [0.4, 0.5) is 5.13 Å². The number of amides is 1. The number of hydrogen-bond acceptors (Lipinski definition) is 6. The standard InChI is InChI=1S/C13H12N6OS/c1-8-11(12-16-17-13(21-12)14-9(2)20)15-18-19(8)10-6-4-3-5-7-10/h3-7H,1-2H3,(H,14,17,20). The van der Waals surface area contributed by atoms with Gasteiger partial charge >= 0.3 is 0 Å². The molecule has 1 aromatic carbocycles. The van der Waals surface area contributed by atoms with E-state index >= 15 is 0 Å². The van der Waals surface area contributed by atoms with Crippen molar-refractivity contribution >= 4 is 22.4 Å². The van der Waals surface area contributed by atoms with Crippen LogP contribution >= 0.6 is 11.3 Å². The molecule has 1 N–H and O–H groups in total. The Balaban J connectivity index is 1.95. The molecular formula is C13H12N6OS. The van der Waals surface area contributed by atoms with Crippen LogP contribution in [0, 0.1) is 6.92 Å². The summed E-state index contributed by atoms with van der Waals surface area (Å²) in [7, 11) is 0. The summed E-state index contributed by atoms with van der Waals surface area (Å²) in [4.78, 5) is 11.0. The van der Waals surface area contributed by atoms with E-state index in [0.29, 0.717) is 15.8 Å². The maximum Gasteiger partial charge on any atom is 0.223 e. The minimum absolute atomic E-state index is 0.178. The zero-order chi connectivity index (χ0) is 14.8. The number of benzene rings is 1. The molecule has 0 aliphatic heterocycles. The van der Waals surface area contributed by atoms with Crippen molar-refractivity contribution in [3.8, 4) is 16.4 Å². The monoisotopic (exact) mass is 300 g/mol. The number of nitrogens with zero attached hydrogens (tertiary/aromatic N) is 5. The Morgan fingerprint density at radius 3 is 2.67 bits per heavy atom. The van der Waals surface area contributed by atoms with Gasteiger partial charge in [0.05, 0.1) is 11.4 Å². The largest absolute Gasteiger partial charge is 0.301 e. The molecule has 21 heavy (non-hydrogen) atoms. The first-order valence-corrected chi connectivity index (χ1v) is 7.06. The van der Waals surface area contributed by atoms with Crippen LogP contribution in [0.5, 0.6) is 0 Å². The molecule has 0 aliphatic carbocycles. The van der Waals surface area contributed by atoms with Gasteiger partial charge in [-0.3, -0.25) is 4.79 Å². The number of rotatable bonds is 3. The molecule has 7 nitrogen and oxygen atoms in total. The lowest BCUT2D eigenvalue weighted by Gasteiger charge is -2.01. The summed E-state index contributed by atoms with van der Waals surface area (Å²) in [6, 6.07) is 9.73. The average molecular weight is 300 g/mol. The van der Waals surface area contributed by atoms with Crippen molar-refractivity contribution in [2.24, 2.45) is 0 Å². The van der Waals surface area contributed by atoms with Crippen molar-refractivity contribution in [3.63, 3.8) is 0 Å². The van der Waals surface area contributed by atoms with Gasteiger partial charge in [0, 0.05) is 6.92 Å². The third-order valence-corrected chi connectivity index (χ3v) is 3.65. The lowest BCUT2D eigenvalue weighted by atomic mass is 10.3. The average Bonchev–Trinajstić information content (AvgIpc) is 3.06. The summed E-state index contributed by atoms with van der Waals surface area (Å²) in [5.41, 5.74) is 2.46. The lowest BCUT2D eigenvalue weighted by molar-refractivity contribution is -0.114. The second-order valence-electron chi connectivity index (χ2n) is 4.36. The van der Waals surface area contributed by atoms with Gasteiger partial charge < -0.3 is 5.32 Å². The molecule has 0 bridgehead atoms. The fourth-order valence-corrected chi connectivity index (χ4v) is 2.69. The molecule has 1 amide bonds. The molecule has 0 fully saturated rings. The highest BCUT2D eigenvalue weighted by molar-refractivity contribution is 7.18. The summed E-state index contributed by atoms with van der Waals surface area (Å²) in [5, 5.41) is 20.0. The first kappa shape index (κ1) is 13.4. The SMILES string of the molecule is CC(=O)Nc1nnc(-c2nnn(-c3ccccc3)c2C)s1. The van der Waals surface area contributed by atoms with Crippen LogP contribution in [0.25, 0.3) is 16.4 Å². The van der Waals surface area contributed by atoms with Crippen LogP contribution in [-0.2, 0) is 4.79 Å². The number of anilines is 1. The topological polar surface area (TPSA) is 85.6 Å². The number of carbonyl (C=O) groups is 1. The van der Waals surface area contributed by atoms with Gasteiger partial charge in [0.1, 0.15) is 5.69 Å². The first-order valence-electron chi connectivity index (χ1n) is 6.24. The summed E-state index contributed by atoms with van der Waals surface area (Å²) < 4.78 is 1.74. The Bertz CT molecular complexity index is 779. The number of carbonyl (C=O) groups excluding carboxylic acids is 1. The van der Waals surface area contributed by atoms with Gasteiger partial charge in [-0.05, 0) is 19.1 Å². The van der Waals surface area contributed by atoms with Crippen LogP contribution in [-0.4, -0.2) is 31.1 Å². The summed E-state index contributed by atoms with van der Waals surface area (Å²) in [6.45, 7) is 3.35. The highest BCUT2D eigenvalue weighted by Crippen LogP contribution is 2.27. The quantitative estimate of drug-likeness (QED) is 0.800. The van der Waals surface area contributed by atoms with Crippen LogP contribution in [0.1, 0.15) is 12.6 Å². The Labute approximate surface area is 124 Å². The van der Waals surface area contributed by atoms with E-state index in [-0.39, 0.29) is 5.91 Å². The molecule has 0 unspecified atom stereocenters. The van der Waals surface area contributed by atoms with Crippen molar-refractivity contribution < 1.29 is 4.79 Å². The predicted octanol–water partition coefficient (Wildman–Crippen LogP) is 2.05. The van der Waals surface area contributed by atoms with E-state index in [4.69, 9.17) is 0 Å². The van der Waals surface area contributed by atoms with Gasteiger partial charge in [-0.1, -0.05) is 34.7 Å². The Morgan fingerprint density at radius 2 is 1.95 bits per heavy atom. The van der Waals surface area contributed by atoms with Crippen molar-refractivity contribution in [1.29, 1.82) is 0 Å². The smallest absolute Gasteiger partial charge is 0.223 e. The molecule has 106 valence electrons. The second kappa shape index (κ2) is 5.41. The van der Waals surface area contributed by atoms with Gasteiger partial charge in [-0.25, -0.2) is 4.68 Å². The maximum atomic E-state index is 11.0. The third kappa shape index (κ3) is 2.65. The zero-order valence-corrected chi connectivity index (χ0v) is 12.3. The minimum atomic E-state index is -0.178. The summed E-state index contributed by atoms with van der Waals surface area (Å²) >= 11 is 1.27. The molecule has 0 saturated heterocycles. The zero-order valence-electron chi connectivity index (χ0n) is 11.4. The van der Waals surface area contributed by atoms with E-state index in [1.807, 2.05) is 37.3 Å². The molecule has 3 aromatic rings. The van der Waals surface area contributed by atoms with Gasteiger partial charge in [-0.2, -0.15) is 0 Å². The van der Waals surface area contributed by atoms with Gasteiger partial charge in [0.15, 0.2) is 5.01 Å². The number of hydrogen-bond donors (Lipinski definition) is 1. The normalized spacial score (nSPS) is 10.6. The van der Waals surface area contributed by atoms with E-state index < -0.39 is 0 Å². The molecule has 0 aliphatic rings. The van der Waals surface area contributed by atoms with E-state index in [1.54, 1.807) is 4.68 Å². The number of para-hydroxylation sites is 1. The van der Waals surface area contributed by atoms with Crippen LogP contribution in [0.15, 0.2) is 30.3 Å². The molecule has 0 atom stereocenters. The molecule has 3 rings (SSSR count). The van der Waals surface area contributed by atoms with Crippen LogP contribution in [0.3, 0.4) is 0 Å². The van der Waals surface area contributed by atoms with E-state index in [9.17, 15) is 4.79 Å². The minimum Gasteiger partial charge on any atom is -0.301 e. The summed E-state index contributed by atoms with van der Waals surface area (Å²) in [5.74, 6) is -0.178. The van der Waals surface area contributed by atoms with Crippen LogP contribution < -0.4 is 5.32 Å². The molecule has 8 heteroatoms. The Kier molecular flexibility index (Phi) is 3.44. The third-order valence-electron chi connectivity index (χ3n) is 2.81. The molecule has 0 spiro atoms. The highest BCUT2D eigenvalue weighted by atomic mass is 32.1. The van der Waals surface area contributed by atoms with Crippen molar-refractivity contribution in [2.75, 3.05) is 5.32 Å². The van der Waals surface area contributed by atoms with Gasteiger partial charge in [0.25, 0.3) is 0 Å². The van der Waals surface area contributed by atoms with Crippen LogP contribution in [0.2, 0.25) is 0 Å². The predicted molar refractivity (Wildman–Crippen MR) is 79.3 cm³/mol. The molecular weight excluding hydrogens is 288 g/mol. The van der Waals surface area contributed by atoms with Gasteiger partial charge in [0.2, 0.25) is 11.0 Å². The number of nitrogens with one attached hydrogen (secondary N) is 1. The fourth-order valence-electron chi connectivity index (χ4n) is 1.86. The lowest BCUT2D eigenvalue weighted by Crippen LogP contribution is -2.04. The van der Waals surface area contributed by atoms with Crippen molar-refractivity contribution in [1.82, 2.24) is 25.2 Å². The Morgan fingerprint density at radius 1 is 1.19 bits per heavy atom. The maximum absolute atomic E-state index is 11.0. The molecule has 0 saturated carbocycles. The van der Waals surface area contributed by atoms with Crippen molar-refractivity contribution in [2.45, 2.75) is 13.8 Å². The second-order valence-corrected chi connectivity index (χ2v) is 5.34. The summed E-state index contributed by atoms with van der Waals surface area (Å²) in [6.07, 6.45) is 0. The first-order chi connectivity index (χ1) is 10.1. The fraction of sp³-hybridized carbons (Fsp3) is 0.154. The molecule has 2 aromatic heterocycles. The molecule has 0 radical (unpaired) electrons. The van der Waals surface area contributed by atoms with Gasteiger partial charge in [-0.15, -0.1) is 15.3 Å². The van der Waals surface area contributed by atoms with E-state index in [2.05, 4.69) is 25.8 Å².